The first-order valence-corrected chi connectivity index (χ1v) is 23.1. The van der Waals surface area contributed by atoms with Gasteiger partial charge >= 0.3 is 0 Å². The second-order valence-corrected chi connectivity index (χ2v) is 15.9. The number of amides is 1. The lowest BCUT2D eigenvalue weighted by Crippen LogP contribution is -2.45. The van der Waals surface area contributed by atoms with E-state index in [-0.39, 0.29) is 12.5 Å². The van der Waals surface area contributed by atoms with Crippen LogP contribution < -0.4 is 5.32 Å². The van der Waals surface area contributed by atoms with Gasteiger partial charge in [-0.1, -0.05) is 231 Å². The first kappa shape index (κ1) is 49.9. The Balaban J connectivity index is 3.47. The molecule has 0 saturated heterocycles. The van der Waals surface area contributed by atoms with Crippen LogP contribution in [0.25, 0.3) is 0 Å². The molecule has 0 aromatic heterocycles. The summed E-state index contributed by atoms with van der Waals surface area (Å²) in [6.07, 6.45) is 55.5. The highest BCUT2D eigenvalue weighted by Gasteiger charge is 2.20. The van der Waals surface area contributed by atoms with E-state index in [2.05, 4.69) is 43.5 Å². The Hall–Kier alpha value is -1.13. The Morgan fingerprint density at radius 1 is 0.471 bits per heavy atom. The van der Waals surface area contributed by atoms with E-state index in [1.165, 1.54) is 193 Å². The molecule has 3 N–H and O–H groups in total. The summed E-state index contributed by atoms with van der Waals surface area (Å²) in [7, 11) is 0. The Labute approximate surface area is 319 Å². The van der Waals surface area contributed by atoms with Gasteiger partial charge in [-0.15, -0.1) is 0 Å². The average Bonchev–Trinajstić information content (AvgIpc) is 3.13. The molecule has 51 heavy (non-hydrogen) atoms. The molecule has 0 aromatic rings. The van der Waals surface area contributed by atoms with Gasteiger partial charge in [0.15, 0.2) is 0 Å². The number of aliphatic hydroxyl groups excluding tert-OH is 2. The zero-order valence-corrected chi connectivity index (χ0v) is 34.6. The van der Waals surface area contributed by atoms with Crippen molar-refractivity contribution < 1.29 is 15.0 Å². The highest BCUT2D eigenvalue weighted by molar-refractivity contribution is 5.76. The van der Waals surface area contributed by atoms with Gasteiger partial charge in [0.1, 0.15) is 0 Å². The van der Waals surface area contributed by atoms with Crippen molar-refractivity contribution in [3.8, 4) is 0 Å². The number of aliphatic hydroxyl groups is 2. The highest BCUT2D eigenvalue weighted by atomic mass is 16.3. The molecule has 0 aliphatic rings. The Kier molecular flexibility index (Phi) is 42.3. The van der Waals surface area contributed by atoms with Crippen molar-refractivity contribution in [3.05, 3.63) is 24.3 Å². The van der Waals surface area contributed by atoms with Gasteiger partial charge in [0.05, 0.1) is 18.8 Å². The smallest absolute Gasteiger partial charge is 0.220 e. The number of allylic oxidation sites excluding steroid dienone is 4. The van der Waals surface area contributed by atoms with Crippen molar-refractivity contribution in [2.75, 3.05) is 6.61 Å². The maximum atomic E-state index is 12.4. The molecule has 0 saturated carbocycles. The van der Waals surface area contributed by atoms with E-state index in [1.54, 1.807) is 0 Å². The molecule has 0 aliphatic heterocycles. The quantitative estimate of drug-likeness (QED) is 0.0435. The van der Waals surface area contributed by atoms with Crippen LogP contribution in [0.15, 0.2) is 24.3 Å². The van der Waals surface area contributed by atoms with Crippen LogP contribution in [-0.2, 0) is 4.79 Å². The Bertz CT molecular complexity index is 735. The third-order valence-corrected chi connectivity index (χ3v) is 10.7. The molecule has 0 rings (SSSR count). The summed E-state index contributed by atoms with van der Waals surface area (Å²) >= 11 is 0. The van der Waals surface area contributed by atoms with Gasteiger partial charge in [-0.25, -0.2) is 0 Å². The molecule has 0 aliphatic carbocycles. The lowest BCUT2D eigenvalue weighted by atomic mass is 10.0. The molecule has 1 amide bonds. The summed E-state index contributed by atoms with van der Waals surface area (Å²) in [6, 6.07) is -0.540. The molecule has 0 heterocycles. The topological polar surface area (TPSA) is 69.6 Å². The van der Waals surface area contributed by atoms with Crippen LogP contribution in [0, 0.1) is 0 Å². The largest absolute Gasteiger partial charge is 0.394 e. The summed E-state index contributed by atoms with van der Waals surface area (Å²) in [4.78, 5) is 12.4. The van der Waals surface area contributed by atoms with E-state index >= 15 is 0 Å². The zero-order valence-electron chi connectivity index (χ0n) is 34.6. The number of nitrogens with one attached hydrogen (secondary N) is 1. The van der Waals surface area contributed by atoms with E-state index in [1.807, 2.05) is 0 Å². The minimum atomic E-state index is -0.663. The van der Waals surface area contributed by atoms with Crippen LogP contribution in [0.2, 0.25) is 0 Å². The van der Waals surface area contributed by atoms with E-state index in [9.17, 15) is 15.0 Å². The maximum Gasteiger partial charge on any atom is 0.220 e. The van der Waals surface area contributed by atoms with E-state index in [0.29, 0.717) is 12.8 Å². The number of unbranched alkanes of at least 4 members (excludes halogenated alkanes) is 32. The predicted octanol–water partition coefficient (Wildman–Crippen LogP) is 14.4. The van der Waals surface area contributed by atoms with Crippen LogP contribution >= 0.6 is 0 Å². The average molecular weight is 718 g/mol. The molecule has 0 radical (unpaired) electrons. The summed E-state index contributed by atoms with van der Waals surface area (Å²) in [5, 5.41) is 23.2. The third kappa shape index (κ3) is 39.9. The van der Waals surface area contributed by atoms with Crippen LogP contribution in [0.1, 0.15) is 251 Å². The minimum Gasteiger partial charge on any atom is -0.394 e. The van der Waals surface area contributed by atoms with Crippen LogP contribution in [0.4, 0.5) is 0 Å². The SMILES string of the molecule is CCCCC/C=C\C=C/CCCCCCCCC(=O)NC(CO)C(O)CCCCCCCCCCCCCCCCCCCCCCCCCC. The number of rotatable bonds is 42. The van der Waals surface area contributed by atoms with Gasteiger partial charge in [0.2, 0.25) is 5.91 Å². The van der Waals surface area contributed by atoms with Crippen LogP contribution in [0.5, 0.6) is 0 Å². The molecule has 0 bridgehead atoms. The van der Waals surface area contributed by atoms with E-state index < -0.39 is 12.1 Å². The van der Waals surface area contributed by atoms with Crippen molar-refractivity contribution in [1.82, 2.24) is 5.32 Å². The predicted molar refractivity (Wildman–Crippen MR) is 225 cm³/mol. The molecule has 0 fully saturated rings. The first-order valence-electron chi connectivity index (χ1n) is 23.1. The maximum absolute atomic E-state index is 12.4. The summed E-state index contributed by atoms with van der Waals surface area (Å²) in [6.45, 7) is 4.34. The molecule has 2 atom stereocenters. The van der Waals surface area contributed by atoms with Gasteiger partial charge < -0.3 is 15.5 Å². The van der Waals surface area contributed by atoms with E-state index in [0.717, 1.165) is 32.1 Å². The monoisotopic (exact) mass is 718 g/mol. The van der Waals surface area contributed by atoms with Crippen LogP contribution in [-0.4, -0.2) is 34.9 Å². The lowest BCUT2D eigenvalue weighted by Gasteiger charge is -2.22. The van der Waals surface area contributed by atoms with Gasteiger partial charge in [0, 0.05) is 6.42 Å². The molecule has 4 nitrogen and oxygen atoms in total. The molecule has 0 spiro atoms. The second-order valence-electron chi connectivity index (χ2n) is 15.9. The fraction of sp³-hybridized carbons (Fsp3) is 0.894. The molecule has 4 heteroatoms. The number of carbonyl (C=O) groups is 1. The van der Waals surface area contributed by atoms with E-state index in [4.69, 9.17) is 0 Å². The summed E-state index contributed by atoms with van der Waals surface area (Å²) in [5.41, 5.74) is 0. The number of hydrogen-bond acceptors (Lipinski definition) is 3. The number of carbonyl (C=O) groups excluding carboxylic acids is 1. The van der Waals surface area contributed by atoms with Gasteiger partial charge in [-0.2, -0.15) is 0 Å². The number of hydrogen-bond donors (Lipinski definition) is 3. The van der Waals surface area contributed by atoms with Gasteiger partial charge in [-0.05, 0) is 38.5 Å². The van der Waals surface area contributed by atoms with Gasteiger partial charge in [-0.3, -0.25) is 4.79 Å². The fourth-order valence-electron chi connectivity index (χ4n) is 7.18. The third-order valence-electron chi connectivity index (χ3n) is 10.7. The van der Waals surface area contributed by atoms with Crippen LogP contribution in [0.3, 0.4) is 0 Å². The highest BCUT2D eigenvalue weighted by Crippen LogP contribution is 2.17. The van der Waals surface area contributed by atoms with Crippen molar-refractivity contribution in [1.29, 1.82) is 0 Å². The Morgan fingerprint density at radius 2 is 0.784 bits per heavy atom. The molecule has 2 unspecified atom stereocenters. The normalized spacial score (nSPS) is 13.1. The van der Waals surface area contributed by atoms with Crippen molar-refractivity contribution >= 4 is 5.91 Å². The minimum absolute atomic E-state index is 0.0411. The van der Waals surface area contributed by atoms with Gasteiger partial charge in [0.25, 0.3) is 0 Å². The molecular weight excluding hydrogens is 627 g/mol. The standard InChI is InChI=1S/C47H91NO3/c1-3-5-7-9-11-13-15-17-19-20-21-22-23-24-25-26-27-29-30-32-34-36-38-40-42-46(50)45(44-49)48-47(51)43-41-39-37-35-33-31-28-18-16-14-12-10-8-6-4-2/h12,14,16,18,45-46,49-50H,3-11,13,15,17,19-44H2,1-2H3,(H,48,51)/b14-12-,18-16-. The molecule has 0 aromatic carbocycles. The summed E-state index contributed by atoms with van der Waals surface area (Å²) < 4.78 is 0. The second kappa shape index (κ2) is 43.3. The van der Waals surface area contributed by atoms with Crippen molar-refractivity contribution in [2.24, 2.45) is 0 Å². The fourth-order valence-corrected chi connectivity index (χ4v) is 7.18. The zero-order chi connectivity index (χ0) is 37.1. The molecular formula is C47H91NO3. The molecule has 302 valence electrons. The Morgan fingerprint density at radius 3 is 1.18 bits per heavy atom. The van der Waals surface area contributed by atoms with Crippen molar-refractivity contribution in [3.63, 3.8) is 0 Å². The van der Waals surface area contributed by atoms with Crippen molar-refractivity contribution in [2.45, 2.75) is 264 Å². The summed E-state index contributed by atoms with van der Waals surface area (Å²) in [5.74, 6) is -0.0411. The lowest BCUT2D eigenvalue weighted by molar-refractivity contribution is -0.123. The first-order chi connectivity index (χ1) is 25.2.